The van der Waals surface area contributed by atoms with Crippen molar-refractivity contribution >= 4 is 11.6 Å². The van der Waals surface area contributed by atoms with Gasteiger partial charge >= 0.3 is 0 Å². The van der Waals surface area contributed by atoms with Gasteiger partial charge in [0.2, 0.25) is 0 Å². The molecule has 0 radical (unpaired) electrons. The average molecular weight is 288 g/mol. The third kappa shape index (κ3) is 2.82. The number of hydrogen-bond donors (Lipinski definition) is 1. The van der Waals surface area contributed by atoms with Crippen molar-refractivity contribution in [2.75, 3.05) is 7.05 Å². The third-order valence-corrected chi connectivity index (χ3v) is 3.93. The van der Waals surface area contributed by atoms with Crippen LogP contribution in [0.25, 0.3) is 0 Å². The lowest BCUT2D eigenvalue weighted by Gasteiger charge is -2.12. The molecule has 0 aromatic heterocycles. The molecule has 0 amide bonds. The van der Waals surface area contributed by atoms with Crippen molar-refractivity contribution < 1.29 is 4.74 Å². The molecule has 1 aliphatic rings. The van der Waals surface area contributed by atoms with Gasteiger partial charge in [-0.05, 0) is 61.7 Å². The molecule has 0 heterocycles. The van der Waals surface area contributed by atoms with Crippen LogP contribution >= 0.6 is 11.6 Å². The molecule has 0 atom stereocenters. The second-order valence-electron chi connectivity index (χ2n) is 5.17. The molecule has 1 aliphatic carbocycles. The van der Waals surface area contributed by atoms with Crippen LogP contribution in [0.5, 0.6) is 11.5 Å². The standard InChI is InChI=1S/C17H18ClNO/c1-19-11-14-5-7-15(18)10-17(14)20-16-8-6-12-3-2-4-13(12)9-16/h5-10,19H,2-4,11H2,1H3. The number of ether oxygens (including phenoxy) is 1. The van der Waals surface area contributed by atoms with Crippen LogP contribution in [0.4, 0.5) is 0 Å². The smallest absolute Gasteiger partial charge is 0.133 e. The van der Waals surface area contributed by atoms with E-state index in [1.54, 1.807) is 0 Å². The Kier molecular flexibility index (Phi) is 3.95. The predicted molar refractivity (Wildman–Crippen MR) is 82.8 cm³/mol. The van der Waals surface area contributed by atoms with Crippen LogP contribution in [0.1, 0.15) is 23.1 Å². The quantitative estimate of drug-likeness (QED) is 0.903. The van der Waals surface area contributed by atoms with Gasteiger partial charge in [-0.2, -0.15) is 0 Å². The summed E-state index contributed by atoms with van der Waals surface area (Å²) in [4.78, 5) is 0. The second-order valence-corrected chi connectivity index (χ2v) is 5.60. The summed E-state index contributed by atoms with van der Waals surface area (Å²) < 4.78 is 6.04. The van der Waals surface area contributed by atoms with Crippen LogP contribution in [-0.2, 0) is 19.4 Å². The summed E-state index contributed by atoms with van der Waals surface area (Å²) >= 11 is 6.08. The largest absolute Gasteiger partial charge is 0.457 e. The van der Waals surface area contributed by atoms with E-state index < -0.39 is 0 Å². The van der Waals surface area contributed by atoms with Gasteiger partial charge in [-0.25, -0.2) is 0 Å². The topological polar surface area (TPSA) is 21.3 Å². The molecule has 0 spiro atoms. The fourth-order valence-electron chi connectivity index (χ4n) is 2.70. The molecule has 0 saturated carbocycles. The first-order valence-corrected chi connectivity index (χ1v) is 7.37. The lowest BCUT2D eigenvalue weighted by atomic mass is 10.1. The van der Waals surface area contributed by atoms with Gasteiger partial charge in [0.1, 0.15) is 11.5 Å². The minimum absolute atomic E-state index is 0.695. The predicted octanol–water partition coefficient (Wildman–Crippen LogP) is 4.34. The Morgan fingerprint density at radius 2 is 1.95 bits per heavy atom. The van der Waals surface area contributed by atoms with Gasteiger partial charge in [-0.1, -0.05) is 23.7 Å². The average Bonchev–Trinajstić information content (AvgIpc) is 2.89. The Morgan fingerprint density at radius 3 is 2.80 bits per heavy atom. The maximum atomic E-state index is 6.08. The Labute approximate surface area is 124 Å². The second kappa shape index (κ2) is 5.86. The van der Waals surface area contributed by atoms with E-state index in [1.165, 1.54) is 24.0 Å². The summed E-state index contributed by atoms with van der Waals surface area (Å²) in [5.74, 6) is 1.72. The summed E-state index contributed by atoms with van der Waals surface area (Å²) in [7, 11) is 1.92. The number of benzene rings is 2. The summed E-state index contributed by atoms with van der Waals surface area (Å²) in [5, 5.41) is 3.84. The minimum atomic E-state index is 0.695. The lowest BCUT2D eigenvalue weighted by Crippen LogP contribution is -2.06. The van der Waals surface area contributed by atoms with Gasteiger partial charge in [0.15, 0.2) is 0 Å². The van der Waals surface area contributed by atoms with Crippen LogP contribution in [0, 0.1) is 0 Å². The molecule has 0 saturated heterocycles. The first-order chi connectivity index (χ1) is 9.76. The van der Waals surface area contributed by atoms with Gasteiger partial charge in [0.05, 0.1) is 0 Å². The fraction of sp³-hybridized carbons (Fsp3) is 0.294. The lowest BCUT2D eigenvalue weighted by molar-refractivity contribution is 0.474. The highest BCUT2D eigenvalue weighted by Gasteiger charge is 2.12. The molecular formula is C17H18ClNO. The van der Waals surface area contributed by atoms with Gasteiger partial charge in [-0.15, -0.1) is 0 Å². The van der Waals surface area contributed by atoms with E-state index in [0.717, 1.165) is 30.0 Å². The zero-order valence-corrected chi connectivity index (χ0v) is 12.3. The zero-order chi connectivity index (χ0) is 13.9. The van der Waals surface area contributed by atoms with E-state index in [1.807, 2.05) is 31.3 Å². The highest BCUT2D eigenvalue weighted by Crippen LogP contribution is 2.31. The van der Waals surface area contributed by atoms with Gasteiger partial charge < -0.3 is 10.1 Å². The minimum Gasteiger partial charge on any atom is -0.457 e. The molecule has 20 heavy (non-hydrogen) atoms. The van der Waals surface area contributed by atoms with E-state index in [9.17, 15) is 0 Å². The summed E-state index contributed by atoms with van der Waals surface area (Å²) in [6.45, 7) is 0.761. The monoisotopic (exact) mass is 287 g/mol. The Balaban J connectivity index is 1.88. The molecule has 2 aromatic rings. The number of halogens is 1. The molecule has 0 fully saturated rings. The fourth-order valence-corrected chi connectivity index (χ4v) is 2.86. The zero-order valence-electron chi connectivity index (χ0n) is 11.6. The molecule has 0 unspecified atom stereocenters. The Bertz CT molecular complexity index is 624. The number of aryl methyl sites for hydroxylation is 2. The molecule has 104 valence electrons. The van der Waals surface area contributed by atoms with Crippen molar-refractivity contribution in [2.24, 2.45) is 0 Å². The number of hydrogen-bond acceptors (Lipinski definition) is 2. The van der Waals surface area contributed by atoms with E-state index in [0.29, 0.717) is 5.02 Å². The molecule has 1 N–H and O–H groups in total. The molecule has 3 rings (SSSR count). The number of nitrogens with one attached hydrogen (secondary N) is 1. The first-order valence-electron chi connectivity index (χ1n) is 6.99. The van der Waals surface area contributed by atoms with Crippen molar-refractivity contribution in [3.8, 4) is 11.5 Å². The van der Waals surface area contributed by atoms with Gasteiger partial charge in [0.25, 0.3) is 0 Å². The van der Waals surface area contributed by atoms with Gasteiger partial charge in [0, 0.05) is 17.1 Å². The number of rotatable bonds is 4. The highest BCUT2D eigenvalue weighted by atomic mass is 35.5. The van der Waals surface area contributed by atoms with Crippen LogP contribution in [0.3, 0.4) is 0 Å². The summed E-state index contributed by atoms with van der Waals surface area (Å²) in [5.41, 5.74) is 3.98. The maximum absolute atomic E-state index is 6.08. The Morgan fingerprint density at radius 1 is 1.10 bits per heavy atom. The third-order valence-electron chi connectivity index (χ3n) is 3.69. The summed E-state index contributed by atoms with van der Waals surface area (Å²) in [6, 6.07) is 12.2. The van der Waals surface area contributed by atoms with E-state index in [2.05, 4.69) is 17.4 Å². The van der Waals surface area contributed by atoms with E-state index in [-0.39, 0.29) is 0 Å². The maximum Gasteiger partial charge on any atom is 0.133 e. The number of fused-ring (bicyclic) bond motifs is 1. The SMILES string of the molecule is CNCc1ccc(Cl)cc1Oc1ccc2c(c1)CCC2. The molecule has 0 bridgehead atoms. The van der Waals surface area contributed by atoms with Crippen molar-refractivity contribution in [1.29, 1.82) is 0 Å². The van der Waals surface area contributed by atoms with Crippen LogP contribution in [-0.4, -0.2) is 7.05 Å². The van der Waals surface area contributed by atoms with Crippen LogP contribution in [0.15, 0.2) is 36.4 Å². The highest BCUT2D eigenvalue weighted by molar-refractivity contribution is 6.30. The molecule has 0 aliphatic heterocycles. The Hall–Kier alpha value is -1.51. The normalized spacial score (nSPS) is 13.3. The van der Waals surface area contributed by atoms with Crippen LogP contribution < -0.4 is 10.1 Å². The van der Waals surface area contributed by atoms with Crippen molar-refractivity contribution in [2.45, 2.75) is 25.8 Å². The van der Waals surface area contributed by atoms with Crippen molar-refractivity contribution in [3.63, 3.8) is 0 Å². The van der Waals surface area contributed by atoms with Crippen molar-refractivity contribution in [1.82, 2.24) is 5.32 Å². The first kappa shape index (κ1) is 13.5. The molecule has 2 aromatic carbocycles. The molecule has 3 heteroatoms. The van der Waals surface area contributed by atoms with Gasteiger partial charge in [-0.3, -0.25) is 0 Å². The van der Waals surface area contributed by atoms with E-state index >= 15 is 0 Å². The van der Waals surface area contributed by atoms with Crippen LogP contribution in [0.2, 0.25) is 5.02 Å². The molecule has 2 nitrogen and oxygen atoms in total. The van der Waals surface area contributed by atoms with E-state index in [4.69, 9.17) is 16.3 Å². The molecular weight excluding hydrogens is 270 g/mol. The van der Waals surface area contributed by atoms with Crippen molar-refractivity contribution in [3.05, 3.63) is 58.1 Å². The summed E-state index contributed by atoms with van der Waals surface area (Å²) in [6.07, 6.45) is 3.60.